The van der Waals surface area contributed by atoms with Crippen molar-refractivity contribution in [3.63, 3.8) is 0 Å². The number of likely N-dealkylation sites (N-methyl/N-ethyl adjacent to an activating group) is 1. The average Bonchev–Trinajstić information content (AvgIpc) is 3.07. The van der Waals surface area contributed by atoms with E-state index in [0.29, 0.717) is 12.1 Å². The van der Waals surface area contributed by atoms with Crippen LogP contribution >= 0.6 is 11.3 Å². The topological polar surface area (TPSA) is 44.8 Å². The van der Waals surface area contributed by atoms with Crippen LogP contribution in [0.15, 0.2) is 17.5 Å². The predicted octanol–water partition coefficient (Wildman–Crippen LogP) is 2.95. The van der Waals surface area contributed by atoms with E-state index < -0.39 is 5.60 Å². The molecule has 2 unspecified atom stereocenters. The standard InChI is InChI=1S/C17H29N3O2S/c1-17(2,3)22-16(21)20-9-8-13(12-20)18-11-14(19(4)5)15-7-6-10-23-15/h6-7,10,13-14,18H,8-9,11-12H2,1-5H3. The van der Waals surface area contributed by atoms with Crippen LogP contribution in [0.2, 0.25) is 0 Å². The zero-order valence-corrected chi connectivity index (χ0v) is 15.7. The Labute approximate surface area is 143 Å². The van der Waals surface area contributed by atoms with Gasteiger partial charge in [0.2, 0.25) is 0 Å². The molecule has 1 aliphatic heterocycles. The third-order valence-electron chi connectivity index (χ3n) is 3.93. The minimum Gasteiger partial charge on any atom is -0.444 e. The number of hydrogen-bond donors (Lipinski definition) is 1. The van der Waals surface area contributed by atoms with Gasteiger partial charge in [0.1, 0.15) is 5.60 Å². The molecule has 0 spiro atoms. The largest absolute Gasteiger partial charge is 0.444 e. The number of amides is 1. The molecule has 0 saturated carbocycles. The van der Waals surface area contributed by atoms with Crippen LogP contribution in [0.3, 0.4) is 0 Å². The molecule has 1 aromatic rings. The Balaban J connectivity index is 1.82. The molecule has 130 valence electrons. The second kappa shape index (κ2) is 7.64. The molecular weight excluding hydrogens is 310 g/mol. The zero-order valence-electron chi connectivity index (χ0n) is 14.8. The van der Waals surface area contributed by atoms with Crippen molar-refractivity contribution in [3.8, 4) is 0 Å². The van der Waals surface area contributed by atoms with E-state index >= 15 is 0 Å². The first-order valence-electron chi connectivity index (χ1n) is 8.17. The Morgan fingerprint density at radius 1 is 1.52 bits per heavy atom. The lowest BCUT2D eigenvalue weighted by atomic mass is 10.2. The minimum atomic E-state index is -0.433. The van der Waals surface area contributed by atoms with Gasteiger partial charge in [-0.25, -0.2) is 4.79 Å². The maximum Gasteiger partial charge on any atom is 0.410 e. The van der Waals surface area contributed by atoms with Gasteiger partial charge in [-0.2, -0.15) is 0 Å². The number of carbonyl (C=O) groups is 1. The normalized spacial score (nSPS) is 20.1. The van der Waals surface area contributed by atoms with Crippen LogP contribution in [0.25, 0.3) is 0 Å². The number of nitrogens with zero attached hydrogens (tertiary/aromatic N) is 2. The van der Waals surface area contributed by atoms with E-state index in [2.05, 4.69) is 41.8 Å². The number of thiophene rings is 1. The lowest BCUT2D eigenvalue weighted by Crippen LogP contribution is -2.40. The zero-order chi connectivity index (χ0) is 17.0. The molecule has 1 aromatic heterocycles. The molecule has 2 heterocycles. The van der Waals surface area contributed by atoms with E-state index in [0.717, 1.165) is 26.1 Å². The summed E-state index contributed by atoms with van der Waals surface area (Å²) in [6, 6.07) is 4.98. The molecule has 1 saturated heterocycles. The Morgan fingerprint density at radius 3 is 2.83 bits per heavy atom. The summed E-state index contributed by atoms with van der Waals surface area (Å²) >= 11 is 1.79. The Hall–Kier alpha value is -1.11. The summed E-state index contributed by atoms with van der Waals surface area (Å²) in [6.45, 7) is 8.08. The first-order valence-corrected chi connectivity index (χ1v) is 9.05. The SMILES string of the molecule is CN(C)C(CNC1CCN(C(=O)OC(C)(C)C)C1)c1cccs1. The Morgan fingerprint density at radius 2 is 2.26 bits per heavy atom. The molecule has 2 rings (SSSR count). The number of likely N-dealkylation sites (tertiary alicyclic amines) is 1. The number of ether oxygens (including phenoxy) is 1. The van der Waals surface area contributed by atoms with Crippen molar-refractivity contribution in [2.24, 2.45) is 0 Å². The van der Waals surface area contributed by atoms with Crippen molar-refractivity contribution in [3.05, 3.63) is 22.4 Å². The molecular formula is C17H29N3O2S. The lowest BCUT2D eigenvalue weighted by molar-refractivity contribution is 0.0290. The van der Waals surface area contributed by atoms with Crippen molar-refractivity contribution in [2.45, 2.75) is 44.9 Å². The summed E-state index contributed by atoms with van der Waals surface area (Å²) in [4.78, 5) is 17.5. The predicted molar refractivity (Wildman–Crippen MR) is 95.0 cm³/mol. The highest BCUT2D eigenvalue weighted by molar-refractivity contribution is 7.10. The fraction of sp³-hybridized carbons (Fsp3) is 0.706. The summed E-state index contributed by atoms with van der Waals surface area (Å²) in [5, 5.41) is 5.73. The van der Waals surface area contributed by atoms with Crippen LogP contribution in [0.4, 0.5) is 4.79 Å². The molecule has 6 heteroatoms. The van der Waals surface area contributed by atoms with Crippen molar-refractivity contribution < 1.29 is 9.53 Å². The maximum atomic E-state index is 12.1. The van der Waals surface area contributed by atoms with Crippen molar-refractivity contribution in [1.82, 2.24) is 15.1 Å². The smallest absolute Gasteiger partial charge is 0.410 e. The molecule has 0 aromatic carbocycles. The van der Waals surface area contributed by atoms with Crippen LogP contribution in [0, 0.1) is 0 Å². The van der Waals surface area contributed by atoms with E-state index in [-0.39, 0.29) is 6.09 Å². The van der Waals surface area contributed by atoms with Crippen molar-refractivity contribution in [2.75, 3.05) is 33.7 Å². The Bertz CT molecular complexity index is 496. The summed E-state index contributed by atoms with van der Waals surface area (Å²) in [5.41, 5.74) is -0.433. The van der Waals surface area contributed by atoms with Crippen LogP contribution in [0.5, 0.6) is 0 Å². The van der Waals surface area contributed by atoms with Crippen molar-refractivity contribution >= 4 is 17.4 Å². The molecule has 1 fully saturated rings. The molecule has 0 aliphatic carbocycles. The van der Waals surface area contributed by atoms with E-state index in [1.807, 2.05) is 20.8 Å². The average molecular weight is 340 g/mol. The Kier molecular flexibility index (Phi) is 6.06. The van der Waals surface area contributed by atoms with Gasteiger partial charge in [0.15, 0.2) is 0 Å². The monoisotopic (exact) mass is 339 g/mol. The van der Waals surface area contributed by atoms with Gasteiger partial charge in [-0.15, -0.1) is 11.3 Å². The third kappa shape index (κ3) is 5.48. The van der Waals surface area contributed by atoms with E-state index in [1.165, 1.54) is 4.88 Å². The molecule has 1 amide bonds. The van der Waals surface area contributed by atoms with Gasteiger partial charge < -0.3 is 19.9 Å². The summed E-state index contributed by atoms with van der Waals surface area (Å²) in [7, 11) is 4.21. The first-order chi connectivity index (χ1) is 10.8. The van der Waals surface area contributed by atoms with Crippen LogP contribution in [-0.4, -0.2) is 61.3 Å². The number of nitrogens with one attached hydrogen (secondary N) is 1. The number of hydrogen-bond acceptors (Lipinski definition) is 5. The second-order valence-electron chi connectivity index (χ2n) is 7.32. The van der Waals surface area contributed by atoms with Gasteiger partial charge >= 0.3 is 6.09 Å². The molecule has 2 atom stereocenters. The van der Waals surface area contributed by atoms with Gasteiger partial charge in [0, 0.05) is 30.6 Å². The van der Waals surface area contributed by atoms with Gasteiger partial charge in [0.05, 0.1) is 6.04 Å². The van der Waals surface area contributed by atoms with E-state index in [1.54, 1.807) is 16.2 Å². The molecule has 1 aliphatic rings. The summed E-state index contributed by atoms with van der Waals surface area (Å²) in [6.07, 6.45) is 0.772. The van der Waals surface area contributed by atoms with E-state index in [4.69, 9.17) is 4.74 Å². The molecule has 23 heavy (non-hydrogen) atoms. The van der Waals surface area contributed by atoms with Gasteiger partial charge in [-0.3, -0.25) is 0 Å². The molecule has 1 N–H and O–H groups in total. The third-order valence-corrected chi connectivity index (χ3v) is 4.91. The quantitative estimate of drug-likeness (QED) is 0.896. The fourth-order valence-electron chi connectivity index (χ4n) is 2.72. The summed E-state index contributed by atoms with van der Waals surface area (Å²) in [5.74, 6) is 0. The summed E-state index contributed by atoms with van der Waals surface area (Å²) < 4.78 is 5.45. The highest BCUT2D eigenvalue weighted by Gasteiger charge is 2.30. The van der Waals surface area contributed by atoms with E-state index in [9.17, 15) is 4.79 Å². The highest BCUT2D eigenvalue weighted by Crippen LogP contribution is 2.23. The van der Waals surface area contributed by atoms with Crippen molar-refractivity contribution in [1.29, 1.82) is 0 Å². The van der Waals surface area contributed by atoms with Gasteiger partial charge in [0.25, 0.3) is 0 Å². The fourth-order valence-corrected chi connectivity index (χ4v) is 3.64. The van der Waals surface area contributed by atoms with Gasteiger partial charge in [-0.1, -0.05) is 6.07 Å². The highest BCUT2D eigenvalue weighted by atomic mass is 32.1. The van der Waals surface area contributed by atoms with Gasteiger partial charge in [-0.05, 0) is 52.7 Å². The lowest BCUT2D eigenvalue weighted by Gasteiger charge is -2.26. The number of rotatable bonds is 5. The van der Waals surface area contributed by atoms with Crippen LogP contribution in [0.1, 0.15) is 38.1 Å². The van der Waals surface area contributed by atoms with Crippen LogP contribution in [-0.2, 0) is 4.74 Å². The van der Waals surface area contributed by atoms with Crippen LogP contribution < -0.4 is 5.32 Å². The minimum absolute atomic E-state index is 0.204. The molecule has 0 radical (unpaired) electrons. The second-order valence-corrected chi connectivity index (χ2v) is 8.29. The number of carbonyl (C=O) groups excluding carboxylic acids is 1. The molecule has 0 bridgehead atoms. The molecule has 5 nitrogen and oxygen atoms in total. The first kappa shape index (κ1) is 18.2. The maximum absolute atomic E-state index is 12.1.